The van der Waals surface area contributed by atoms with E-state index >= 15 is 0 Å². The molecule has 6 heteroatoms. The van der Waals surface area contributed by atoms with Crippen LogP contribution in [0.1, 0.15) is 53.0 Å². The summed E-state index contributed by atoms with van der Waals surface area (Å²) in [4.78, 5) is 27.4. The molecule has 1 aliphatic carbocycles. The highest BCUT2D eigenvalue weighted by Crippen LogP contribution is 2.39. The number of aromatic amines is 1. The first-order chi connectivity index (χ1) is 13.0. The van der Waals surface area contributed by atoms with Gasteiger partial charge in [0.1, 0.15) is 5.75 Å². The molecule has 0 spiro atoms. The fraction of sp³-hybridized carbons (Fsp3) is 0.429. The van der Waals surface area contributed by atoms with Crippen LogP contribution in [0.4, 0.5) is 0 Å². The van der Waals surface area contributed by atoms with Gasteiger partial charge in [0.15, 0.2) is 0 Å². The summed E-state index contributed by atoms with van der Waals surface area (Å²) < 4.78 is 5.57. The molecule has 0 saturated heterocycles. The molecule has 6 nitrogen and oxygen atoms in total. The van der Waals surface area contributed by atoms with E-state index in [-0.39, 0.29) is 29.5 Å². The number of aliphatic hydroxyl groups excluding tert-OH is 1. The van der Waals surface area contributed by atoms with Crippen LogP contribution >= 0.6 is 0 Å². The van der Waals surface area contributed by atoms with E-state index in [0.29, 0.717) is 31.4 Å². The first kappa shape index (κ1) is 17.8. The van der Waals surface area contributed by atoms with Crippen LogP contribution in [-0.2, 0) is 12.8 Å². The number of rotatable bonds is 5. The highest BCUT2D eigenvalue weighted by molar-refractivity contribution is 5.94. The van der Waals surface area contributed by atoms with Gasteiger partial charge in [0.05, 0.1) is 18.8 Å². The van der Waals surface area contributed by atoms with Crippen LogP contribution in [0.2, 0.25) is 0 Å². The molecule has 4 rings (SSSR count). The number of nitrogens with one attached hydrogen (secondary N) is 2. The number of aromatic nitrogens is 1. The van der Waals surface area contributed by atoms with E-state index in [1.807, 2.05) is 19.1 Å². The number of aryl methyl sites for hydroxylation is 1. The van der Waals surface area contributed by atoms with Crippen LogP contribution < -0.4 is 15.6 Å². The minimum atomic E-state index is -0.307. The lowest BCUT2D eigenvalue weighted by Crippen LogP contribution is -2.41. The van der Waals surface area contributed by atoms with Gasteiger partial charge in [-0.3, -0.25) is 9.59 Å². The van der Waals surface area contributed by atoms with Crippen LogP contribution in [0.25, 0.3) is 0 Å². The van der Waals surface area contributed by atoms with Crippen molar-refractivity contribution in [2.24, 2.45) is 5.92 Å². The Morgan fingerprint density at radius 1 is 1.33 bits per heavy atom. The minimum absolute atomic E-state index is 0.178. The Balaban J connectivity index is 1.61. The van der Waals surface area contributed by atoms with E-state index in [4.69, 9.17) is 4.74 Å². The van der Waals surface area contributed by atoms with Gasteiger partial charge in [0.2, 0.25) is 5.56 Å². The van der Waals surface area contributed by atoms with E-state index in [1.54, 1.807) is 6.07 Å². The standard InChI is InChI=1S/C21H24N2O4/c1-2-16-8-15(11-19(25)22-16)21(26)23-20(14-9-17(24)10-14)13-3-4-18-12(7-13)5-6-27-18/h3-4,7-8,11,14,17,20,24H,2,5-6,9-10H2,1H3,(H,22,25)(H,23,26). The van der Waals surface area contributed by atoms with Crippen LogP contribution in [0, 0.1) is 5.92 Å². The molecule has 0 radical (unpaired) electrons. The maximum absolute atomic E-state index is 12.9. The second-order valence-electron chi connectivity index (χ2n) is 7.41. The van der Waals surface area contributed by atoms with Gasteiger partial charge in [-0.15, -0.1) is 0 Å². The molecular weight excluding hydrogens is 344 g/mol. The molecule has 1 fully saturated rings. The summed E-state index contributed by atoms with van der Waals surface area (Å²) in [7, 11) is 0. The molecule has 1 amide bonds. The van der Waals surface area contributed by atoms with Crippen molar-refractivity contribution in [2.45, 2.75) is 44.8 Å². The fourth-order valence-corrected chi connectivity index (χ4v) is 3.92. The first-order valence-electron chi connectivity index (χ1n) is 9.51. The molecule has 1 aliphatic heterocycles. The predicted molar refractivity (Wildman–Crippen MR) is 101 cm³/mol. The van der Waals surface area contributed by atoms with E-state index in [2.05, 4.69) is 16.4 Å². The van der Waals surface area contributed by atoms with Crippen LogP contribution in [0.15, 0.2) is 35.1 Å². The zero-order valence-corrected chi connectivity index (χ0v) is 15.3. The maximum Gasteiger partial charge on any atom is 0.252 e. The number of benzene rings is 1. The Morgan fingerprint density at radius 2 is 2.15 bits per heavy atom. The van der Waals surface area contributed by atoms with E-state index in [0.717, 1.165) is 29.0 Å². The number of carbonyl (C=O) groups is 1. The molecule has 1 unspecified atom stereocenters. The SMILES string of the molecule is CCc1cc(C(=O)NC(c2ccc3c(c2)CCO3)C2CC(O)C2)cc(=O)[nH]1. The molecule has 1 aromatic carbocycles. The smallest absolute Gasteiger partial charge is 0.252 e. The van der Waals surface area contributed by atoms with Crippen LogP contribution in [0.5, 0.6) is 5.75 Å². The van der Waals surface area contributed by atoms with Gasteiger partial charge in [-0.25, -0.2) is 0 Å². The summed E-state index contributed by atoms with van der Waals surface area (Å²) in [5, 5.41) is 12.8. The number of hydrogen-bond donors (Lipinski definition) is 3. The van der Waals surface area contributed by atoms with Gasteiger partial charge >= 0.3 is 0 Å². The Bertz CT molecular complexity index is 915. The molecule has 1 saturated carbocycles. The van der Waals surface area contributed by atoms with Gasteiger partial charge in [0.25, 0.3) is 5.91 Å². The number of aliphatic hydroxyl groups is 1. The van der Waals surface area contributed by atoms with E-state index in [1.165, 1.54) is 6.07 Å². The number of amides is 1. The van der Waals surface area contributed by atoms with E-state index in [9.17, 15) is 14.7 Å². The Kier molecular flexibility index (Phi) is 4.74. The minimum Gasteiger partial charge on any atom is -0.493 e. The average molecular weight is 368 g/mol. The summed E-state index contributed by atoms with van der Waals surface area (Å²) in [6.07, 6.45) is 2.53. The van der Waals surface area contributed by atoms with Crippen molar-refractivity contribution in [3.05, 3.63) is 63.1 Å². The average Bonchev–Trinajstić information content (AvgIpc) is 3.10. The second kappa shape index (κ2) is 7.19. The predicted octanol–water partition coefficient (Wildman–Crippen LogP) is 2.11. The Hall–Kier alpha value is -2.60. The molecule has 27 heavy (non-hydrogen) atoms. The van der Waals surface area contributed by atoms with Crippen molar-refractivity contribution in [2.75, 3.05) is 6.61 Å². The largest absolute Gasteiger partial charge is 0.493 e. The lowest BCUT2D eigenvalue weighted by atomic mass is 9.74. The summed E-state index contributed by atoms with van der Waals surface area (Å²) in [6, 6.07) is 8.88. The van der Waals surface area contributed by atoms with Crippen LogP contribution in [-0.4, -0.2) is 28.7 Å². The van der Waals surface area contributed by atoms with Gasteiger partial charge in [0, 0.05) is 23.7 Å². The molecule has 2 heterocycles. The zero-order valence-electron chi connectivity index (χ0n) is 15.3. The highest BCUT2D eigenvalue weighted by atomic mass is 16.5. The summed E-state index contributed by atoms with van der Waals surface area (Å²) in [6.45, 7) is 2.61. The maximum atomic E-state index is 12.9. The van der Waals surface area contributed by atoms with Crippen molar-refractivity contribution < 1.29 is 14.6 Å². The molecule has 142 valence electrons. The monoisotopic (exact) mass is 368 g/mol. The number of fused-ring (bicyclic) bond motifs is 1. The third-order valence-corrected chi connectivity index (χ3v) is 5.52. The molecule has 0 bridgehead atoms. The molecular formula is C21H24N2O4. The van der Waals surface area contributed by atoms with Crippen LogP contribution in [0.3, 0.4) is 0 Å². The fourth-order valence-electron chi connectivity index (χ4n) is 3.92. The first-order valence-corrected chi connectivity index (χ1v) is 9.51. The van der Waals surface area contributed by atoms with Gasteiger partial charge in [-0.1, -0.05) is 13.0 Å². The number of H-pyrrole nitrogens is 1. The van der Waals surface area contributed by atoms with Crippen molar-refractivity contribution in [1.29, 1.82) is 0 Å². The Morgan fingerprint density at radius 3 is 2.89 bits per heavy atom. The number of pyridine rings is 1. The van der Waals surface area contributed by atoms with Crippen molar-refractivity contribution >= 4 is 5.91 Å². The lowest BCUT2D eigenvalue weighted by Gasteiger charge is -2.38. The molecule has 2 aliphatic rings. The molecule has 1 atom stereocenters. The lowest BCUT2D eigenvalue weighted by molar-refractivity contribution is 0.0235. The quantitative estimate of drug-likeness (QED) is 0.754. The summed E-state index contributed by atoms with van der Waals surface area (Å²) >= 11 is 0. The molecule has 2 aromatic rings. The Labute approximate surface area is 157 Å². The van der Waals surface area contributed by atoms with Gasteiger partial charge < -0.3 is 20.1 Å². The number of hydrogen-bond acceptors (Lipinski definition) is 4. The zero-order chi connectivity index (χ0) is 19.0. The third-order valence-electron chi connectivity index (χ3n) is 5.52. The second-order valence-corrected chi connectivity index (χ2v) is 7.41. The van der Waals surface area contributed by atoms with Crippen molar-refractivity contribution in [1.82, 2.24) is 10.3 Å². The number of carbonyl (C=O) groups excluding carboxylic acids is 1. The van der Waals surface area contributed by atoms with E-state index < -0.39 is 0 Å². The van der Waals surface area contributed by atoms with Gasteiger partial charge in [-0.2, -0.15) is 0 Å². The van der Waals surface area contributed by atoms with Crippen molar-refractivity contribution in [3.8, 4) is 5.75 Å². The number of ether oxygens (including phenoxy) is 1. The normalized spacial score (nSPS) is 21.7. The highest BCUT2D eigenvalue weighted by Gasteiger charge is 2.36. The van der Waals surface area contributed by atoms with Crippen molar-refractivity contribution in [3.63, 3.8) is 0 Å². The third kappa shape index (κ3) is 3.62. The summed E-state index contributed by atoms with van der Waals surface area (Å²) in [5.74, 6) is 0.815. The summed E-state index contributed by atoms with van der Waals surface area (Å²) in [5.41, 5.74) is 2.99. The topological polar surface area (TPSA) is 91.4 Å². The van der Waals surface area contributed by atoms with Gasteiger partial charge in [-0.05, 0) is 54.5 Å². The molecule has 1 aromatic heterocycles. The molecule has 3 N–H and O–H groups in total.